The molecule has 5 rings (SSSR count). The van der Waals surface area contributed by atoms with Gasteiger partial charge in [0.15, 0.2) is 5.65 Å². The van der Waals surface area contributed by atoms with Crippen molar-refractivity contribution in [3.8, 4) is 5.82 Å². The predicted octanol–water partition coefficient (Wildman–Crippen LogP) is 2.58. The third-order valence-electron chi connectivity index (χ3n) is 6.15. The third kappa shape index (κ3) is 3.04. The minimum atomic E-state index is -0.964. The van der Waals surface area contributed by atoms with Crippen LogP contribution in [0.15, 0.2) is 30.9 Å². The van der Waals surface area contributed by atoms with E-state index in [-0.39, 0.29) is 5.56 Å². The maximum atomic E-state index is 11.4. The molecule has 1 saturated heterocycles. The second-order valence-electron chi connectivity index (χ2n) is 7.93. The van der Waals surface area contributed by atoms with Gasteiger partial charge in [0.05, 0.1) is 10.9 Å². The molecule has 0 radical (unpaired) electrons. The van der Waals surface area contributed by atoms with Crippen molar-refractivity contribution >= 4 is 22.8 Å². The first-order valence-electron chi connectivity index (χ1n) is 10.2. The number of nitrogens with one attached hydrogen (secondary N) is 1. The summed E-state index contributed by atoms with van der Waals surface area (Å²) in [5.41, 5.74) is 2.25. The van der Waals surface area contributed by atoms with Crippen molar-refractivity contribution in [3.05, 3.63) is 42.0 Å². The zero-order valence-electron chi connectivity index (χ0n) is 16.4. The number of pyridine rings is 1. The number of carbonyl (C=O) groups is 1. The van der Waals surface area contributed by atoms with Gasteiger partial charge in [-0.15, -0.1) is 0 Å². The summed E-state index contributed by atoms with van der Waals surface area (Å²) in [4.78, 5) is 27.5. The molecular formula is C21H24N6O2. The number of fused-ring (bicyclic) bond motifs is 1. The van der Waals surface area contributed by atoms with Crippen molar-refractivity contribution in [2.24, 2.45) is 0 Å². The maximum Gasteiger partial charge on any atom is 0.335 e. The van der Waals surface area contributed by atoms with Crippen LogP contribution in [0, 0.1) is 0 Å². The highest BCUT2D eigenvalue weighted by Crippen LogP contribution is 2.43. The molecule has 2 N–H and O–H groups in total. The Morgan fingerprint density at radius 1 is 1.28 bits per heavy atom. The normalized spacial score (nSPS) is 20.0. The summed E-state index contributed by atoms with van der Waals surface area (Å²) in [6.45, 7) is 4.96. The Labute approximate surface area is 168 Å². The number of carboxylic acid groups (broad SMARTS) is 1. The zero-order valence-corrected chi connectivity index (χ0v) is 16.4. The summed E-state index contributed by atoms with van der Waals surface area (Å²) in [6.07, 6.45) is 8.79. The van der Waals surface area contributed by atoms with Crippen LogP contribution in [0.25, 0.3) is 16.9 Å². The Bertz CT molecular complexity index is 1070. The van der Waals surface area contributed by atoms with Gasteiger partial charge in [0.2, 0.25) is 0 Å². The monoisotopic (exact) mass is 392 g/mol. The van der Waals surface area contributed by atoms with Gasteiger partial charge in [-0.25, -0.2) is 19.7 Å². The van der Waals surface area contributed by atoms with Gasteiger partial charge < -0.3 is 15.3 Å². The first kappa shape index (κ1) is 18.1. The molecule has 4 heterocycles. The number of rotatable bonds is 4. The fraction of sp³-hybridized carbons (Fsp3) is 0.429. The van der Waals surface area contributed by atoms with E-state index in [1.54, 1.807) is 12.4 Å². The van der Waals surface area contributed by atoms with Crippen LogP contribution in [-0.4, -0.2) is 56.3 Å². The van der Waals surface area contributed by atoms with Crippen LogP contribution in [0.4, 0.5) is 5.82 Å². The Morgan fingerprint density at radius 3 is 2.86 bits per heavy atom. The number of carboxylic acids is 1. The summed E-state index contributed by atoms with van der Waals surface area (Å²) in [6, 6.07) is 3.45. The molecule has 1 saturated carbocycles. The quantitative estimate of drug-likeness (QED) is 0.704. The van der Waals surface area contributed by atoms with Crippen molar-refractivity contribution < 1.29 is 9.90 Å². The first-order valence-corrected chi connectivity index (χ1v) is 10.2. The molecule has 0 bridgehead atoms. The Kier molecular flexibility index (Phi) is 4.43. The van der Waals surface area contributed by atoms with Gasteiger partial charge in [0, 0.05) is 38.1 Å². The van der Waals surface area contributed by atoms with Gasteiger partial charge in [-0.3, -0.25) is 4.57 Å². The molecule has 150 valence electrons. The van der Waals surface area contributed by atoms with Gasteiger partial charge in [0.25, 0.3) is 0 Å². The van der Waals surface area contributed by atoms with Gasteiger partial charge in [-0.2, -0.15) is 0 Å². The molecule has 3 aromatic rings. The van der Waals surface area contributed by atoms with Crippen molar-refractivity contribution in [2.75, 3.05) is 24.5 Å². The van der Waals surface area contributed by atoms with Gasteiger partial charge in [-0.1, -0.05) is 6.42 Å². The lowest BCUT2D eigenvalue weighted by atomic mass is 9.80. The van der Waals surface area contributed by atoms with Gasteiger partial charge in [-0.05, 0) is 43.4 Å². The van der Waals surface area contributed by atoms with Crippen LogP contribution >= 0.6 is 0 Å². The SMILES string of the molecule is C[C@H]1CNCCN1c1ncnc2c1c(C1CCC1)cn2-c1cc(C(=O)O)ccn1. The first-order chi connectivity index (χ1) is 14.1. The molecular weight excluding hydrogens is 368 g/mol. The molecule has 29 heavy (non-hydrogen) atoms. The van der Waals surface area contributed by atoms with E-state index >= 15 is 0 Å². The number of aromatic carboxylic acids is 1. The number of aromatic nitrogens is 4. The van der Waals surface area contributed by atoms with E-state index in [0.29, 0.717) is 17.8 Å². The van der Waals surface area contributed by atoms with E-state index in [4.69, 9.17) is 4.98 Å². The molecule has 8 heteroatoms. The molecule has 1 atom stereocenters. The summed E-state index contributed by atoms with van der Waals surface area (Å²) < 4.78 is 1.92. The number of hydrogen-bond donors (Lipinski definition) is 2. The number of piperazine rings is 1. The second-order valence-corrected chi connectivity index (χ2v) is 7.93. The van der Waals surface area contributed by atoms with Crippen molar-refractivity contribution in [2.45, 2.75) is 38.1 Å². The molecule has 3 aromatic heterocycles. The molecule has 1 aliphatic carbocycles. The van der Waals surface area contributed by atoms with Gasteiger partial charge in [0.1, 0.15) is 18.0 Å². The van der Waals surface area contributed by atoms with E-state index in [1.165, 1.54) is 24.2 Å². The Hall–Kier alpha value is -3.00. The van der Waals surface area contributed by atoms with Crippen molar-refractivity contribution in [1.82, 2.24) is 24.8 Å². The lowest BCUT2D eigenvalue weighted by Crippen LogP contribution is -2.50. The average Bonchev–Trinajstić information content (AvgIpc) is 3.07. The summed E-state index contributed by atoms with van der Waals surface area (Å²) in [5.74, 6) is 1.07. The van der Waals surface area contributed by atoms with Crippen LogP contribution < -0.4 is 10.2 Å². The molecule has 2 fully saturated rings. The molecule has 0 aromatic carbocycles. The third-order valence-corrected chi connectivity index (χ3v) is 6.15. The minimum absolute atomic E-state index is 0.215. The standard InChI is InChI=1S/C21H24N6O2/c1-13-10-22-7-8-26(13)19-18-16(14-3-2-4-14)11-27(20(18)25-12-24-19)17-9-15(21(28)29)5-6-23-17/h5-6,9,11-14,22H,2-4,7-8,10H2,1H3,(H,28,29)/t13-/m0/s1. The predicted molar refractivity (Wildman–Crippen MR) is 110 cm³/mol. The van der Waals surface area contributed by atoms with Crippen molar-refractivity contribution in [1.29, 1.82) is 0 Å². The topological polar surface area (TPSA) is 96.2 Å². The highest BCUT2D eigenvalue weighted by atomic mass is 16.4. The Balaban J connectivity index is 1.71. The fourth-order valence-electron chi connectivity index (χ4n) is 4.33. The van der Waals surface area contributed by atoms with Crippen LogP contribution in [0.3, 0.4) is 0 Å². The smallest absolute Gasteiger partial charge is 0.335 e. The van der Waals surface area contributed by atoms with Crippen LogP contribution in [0.5, 0.6) is 0 Å². The van der Waals surface area contributed by atoms with Crippen LogP contribution in [0.2, 0.25) is 0 Å². The molecule has 0 spiro atoms. The Morgan fingerprint density at radius 2 is 2.14 bits per heavy atom. The summed E-state index contributed by atoms with van der Waals surface area (Å²) >= 11 is 0. The molecule has 0 amide bonds. The lowest BCUT2D eigenvalue weighted by molar-refractivity contribution is 0.0696. The fourth-order valence-corrected chi connectivity index (χ4v) is 4.33. The van der Waals surface area contributed by atoms with Crippen LogP contribution in [0.1, 0.15) is 48.0 Å². The minimum Gasteiger partial charge on any atom is -0.478 e. The molecule has 0 unspecified atom stereocenters. The lowest BCUT2D eigenvalue weighted by Gasteiger charge is -2.35. The summed E-state index contributed by atoms with van der Waals surface area (Å²) in [7, 11) is 0. The maximum absolute atomic E-state index is 11.4. The highest BCUT2D eigenvalue weighted by Gasteiger charge is 2.30. The molecule has 8 nitrogen and oxygen atoms in total. The summed E-state index contributed by atoms with van der Waals surface area (Å²) in [5, 5.41) is 13.9. The van der Waals surface area contributed by atoms with Crippen LogP contribution in [-0.2, 0) is 0 Å². The zero-order chi connectivity index (χ0) is 20.0. The molecule has 2 aliphatic rings. The number of anilines is 1. The second kappa shape index (κ2) is 7.11. The largest absolute Gasteiger partial charge is 0.478 e. The number of nitrogens with zero attached hydrogens (tertiary/aromatic N) is 5. The molecule has 1 aliphatic heterocycles. The average molecular weight is 392 g/mol. The van der Waals surface area contributed by atoms with Crippen molar-refractivity contribution in [3.63, 3.8) is 0 Å². The van der Waals surface area contributed by atoms with E-state index in [1.807, 2.05) is 4.57 Å². The van der Waals surface area contributed by atoms with E-state index in [2.05, 4.69) is 33.3 Å². The van der Waals surface area contributed by atoms with E-state index in [0.717, 1.165) is 49.3 Å². The highest BCUT2D eigenvalue weighted by molar-refractivity contribution is 5.93. The van der Waals surface area contributed by atoms with E-state index in [9.17, 15) is 9.90 Å². The number of hydrogen-bond acceptors (Lipinski definition) is 6. The van der Waals surface area contributed by atoms with E-state index < -0.39 is 5.97 Å². The van der Waals surface area contributed by atoms with Gasteiger partial charge >= 0.3 is 5.97 Å².